The van der Waals surface area contributed by atoms with Gasteiger partial charge in [0.05, 0.1) is 5.69 Å². The maximum absolute atomic E-state index is 4.69. The number of hydrogen-bond acceptors (Lipinski definition) is 1. The number of H-pyrrole nitrogens is 1. The molecule has 0 saturated heterocycles. The van der Waals surface area contributed by atoms with Crippen LogP contribution in [0.15, 0.2) is 66.7 Å². The largest absolute Gasteiger partial charge is 0.339 e. The van der Waals surface area contributed by atoms with Gasteiger partial charge in [0.25, 0.3) is 0 Å². The summed E-state index contributed by atoms with van der Waals surface area (Å²) in [6.07, 6.45) is 4.12. The maximum atomic E-state index is 4.69. The first-order valence-corrected chi connectivity index (χ1v) is 7.01. The van der Waals surface area contributed by atoms with Crippen LogP contribution >= 0.6 is 0 Å². The van der Waals surface area contributed by atoms with E-state index in [1.807, 2.05) is 30.3 Å². The van der Waals surface area contributed by atoms with Gasteiger partial charge in [0.15, 0.2) is 0 Å². The zero-order chi connectivity index (χ0) is 14.1. The molecule has 0 radical (unpaired) electrons. The zero-order valence-corrected chi connectivity index (χ0v) is 11.5. The smallest absolute Gasteiger partial charge is 0.139 e. The van der Waals surface area contributed by atoms with E-state index in [2.05, 4.69) is 58.5 Å². The van der Waals surface area contributed by atoms with Crippen LogP contribution in [0.25, 0.3) is 34.1 Å². The Morgan fingerprint density at radius 1 is 0.714 bits per heavy atom. The molecule has 0 atom stereocenters. The molecular weight excluding hydrogens is 256 g/mol. The summed E-state index contributed by atoms with van der Waals surface area (Å²) in [7, 11) is 0. The first kappa shape index (κ1) is 11.9. The third-order valence-corrected chi connectivity index (χ3v) is 3.63. The number of nitrogens with zero attached hydrogens (tertiary/aromatic N) is 1. The lowest BCUT2D eigenvalue weighted by Gasteiger charge is -1.95. The SMILES string of the molecule is C(=C\c1ccc2c(n1)[nH]c1ccccc12)/c1ccccc1. The molecule has 4 aromatic rings. The summed E-state index contributed by atoms with van der Waals surface area (Å²) < 4.78 is 0. The summed E-state index contributed by atoms with van der Waals surface area (Å²) >= 11 is 0. The van der Waals surface area contributed by atoms with E-state index in [1.54, 1.807) is 0 Å². The standard InChI is InChI=1S/C19H14N2/c1-2-6-14(7-3-1)10-11-15-12-13-17-16-8-4-5-9-18(16)21-19(17)20-15/h1-13H,(H,20,21)/b11-10+. The van der Waals surface area contributed by atoms with E-state index in [0.29, 0.717) is 0 Å². The summed E-state index contributed by atoms with van der Waals surface area (Å²) in [6.45, 7) is 0. The molecule has 0 saturated carbocycles. The number of para-hydroxylation sites is 1. The molecule has 0 fully saturated rings. The van der Waals surface area contributed by atoms with Gasteiger partial charge >= 0.3 is 0 Å². The second kappa shape index (κ2) is 4.91. The monoisotopic (exact) mass is 270 g/mol. The van der Waals surface area contributed by atoms with Crippen molar-refractivity contribution in [2.24, 2.45) is 0 Å². The van der Waals surface area contributed by atoms with Gasteiger partial charge in [-0.3, -0.25) is 0 Å². The lowest BCUT2D eigenvalue weighted by molar-refractivity contribution is 1.32. The van der Waals surface area contributed by atoms with Crippen molar-refractivity contribution < 1.29 is 0 Å². The number of aromatic amines is 1. The van der Waals surface area contributed by atoms with Crippen LogP contribution in [0.2, 0.25) is 0 Å². The maximum Gasteiger partial charge on any atom is 0.139 e. The van der Waals surface area contributed by atoms with Crippen molar-refractivity contribution in [1.29, 1.82) is 0 Å². The average Bonchev–Trinajstić information content (AvgIpc) is 2.91. The van der Waals surface area contributed by atoms with Crippen molar-refractivity contribution in [3.63, 3.8) is 0 Å². The summed E-state index contributed by atoms with van der Waals surface area (Å²) in [5, 5.41) is 2.39. The Morgan fingerprint density at radius 3 is 2.43 bits per heavy atom. The van der Waals surface area contributed by atoms with E-state index in [9.17, 15) is 0 Å². The second-order valence-electron chi connectivity index (χ2n) is 5.05. The highest BCUT2D eigenvalue weighted by Gasteiger charge is 2.04. The molecule has 2 heteroatoms. The Bertz CT molecular complexity index is 934. The first-order chi connectivity index (χ1) is 10.4. The van der Waals surface area contributed by atoms with Crippen LogP contribution in [-0.2, 0) is 0 Å². The quantitative estimate of drug-likeness (QED) is 0.552. The highest BCUT2D eigenvalue weighted by Crippen LogP contribution is 2.24. The molecule has 21 heavy (non-hydrogen) atoms. The number of rotatable bonds is 2. The number of hydrogen-bond donors (Lipinski definition) is 1. The molecule has 0 aliphatic carbocycles. The lowest BCUT2D eigenvalue weighted by atomic mass is 10.1. The van der Waals surface area contributed by atoms with E-state index < -0.39 is 0 Å². The van der Waals surface area contributed by atoms with Gasteiger partial charge in [0.2, 0.25) is 0 Å². The fourth-order valence-corrected chi connectivity index (χ4v) is 2.58. The van der Waals surface area contributed by atoms with Gasteiger partial charge in [-0.1, -0.05) is 54.6 Å². The van der Waals surface area contributed by atoms with Gasteiger partial charge in [-0.2, -0.15) is 0 Å². The van der Waals surface area contributed by atoms with Crippen LogP contribution in [0.4, 0.5) is 0 Å². The van der Waals surface area contributed by atoms with E-state index in [-0.39, 0.29) is 0 Å². The molecule has 2 aromatic heterocycles. The minimum Gasteiger partial charge on any atom is -0.339 e. The Balaban J connectivity index is 1.77. The summed E-state index contributed by atoms with van der Waals surface area (Å²) in [6, 6.07) is 22.7. The Hall–Kier alpha value is -2.87. The Labute approximate surface area is 122 Å². The van der Waals surface area contributed by atoms with Gasteiger partial charge in [0.1, 0.15) is 5.65 Å². The molecule has 1 N–H and O–H groups in total. The van der Waals surface area contributed by atoms with Crippen LogP contribution in [0.1, 0.15) is 11.3 Å². The van der Waals surface area contributed by atoms with Crippen LogP contribution in [0, 0.1) is 0 Å². The summed E-state index contributed by atoms with van der Waals surface area (Å²) in [5.41, 5.74) is 4.20. The third-order valence-electron chi connectivity index (χ3n) is 3.63. The molecule has 0 spiro atoms. The Morgan fingerprint density at radius 2 is 1.52 bits per heavy atom. The Kier molecular flexibility index (Phi) is 2.79. The van der Waals surface area contributed by atoms with Gasteiger partial charge < -0.3 is 4.98 Å². The van der Waals surface area contributed by atoms with Crippen LogP contribution in [0.5, 0.6) is 0 Å². The van der Waals surface area contributed by atoms with Crippen molar-refractivity contribution in [2.75, 3.05) is 0 Å². The molecule has 2 nitrogen and oxygen atoms in total. The molecule has 2 heterocycles. The molecule has 0 amide bonds. The van der Waals surface area contributed by atoms with Gasteiger partial charge in [-0.15, -0.1) is 0 Å². The fourth-order valence-electron chi connectivity index (χ4n) is 2.58. The van der Waals surface area contributed by atoms with E-state index >= 15 is 0 Å². The zero-order valence-electron chi connectivity index (χ0n) is 11.5. The number of aromatic nitrogens is 2. The predicted octanol–water partition coefficient (Wildman–Crippen LogP) is 4.89. The predicted molar refractivity (Wildman–Crippen MR) is 89.0 cm³/mol. The van der Waals surface area contributed by atoms with Crippen molar-refractivity contribution in [3.8, 4) is 0 Å². The molecule has 4 rings (SSSR count). The topological polar surface area (TPSA) is 28.7 Å². The number of fused-ring (bicyclic) bond motifs is 3. The number of pyridine rings is 1. The number of benzene rings is 2. The highest BCUT2D eigenvalue weighted by molar-refractivity contribution is 6.05. The van der Waals surface area contributed by atoms with E-state index in [1.165, 1.54) is 16.3 Å². The fraction of sp³-hybridized carbons (Fsp3) is 0. The number of nitrogens with one attached hydrogen (secondary N) is 1. The highest BCUT2D eigenvalue weighted by atomic mass is 14.9. The molecule has 0 aliphatic rings. The molecule has 100 valence electrons. The van der Waals surface area contributed by atoms with E-state index in [0.717, 1.165) is 16.9 Å². The summed E-state index contributed by atoms with van der Waals surface area (Å²) in [4.78, 5) is 8.06. The van der Waals surface area contributed by atoms with Gasteiger partial charge in [0, 0.05) is 16.3 Å². The van der Waals surface area contributed by atoms with Crippen LogP contribution in [0.3, 0.4) is 0 Å². The van der Waals surface area contributed by atoms with Gasteiger partial charge in [-0.05, 0) is 29.8 Å². The molecule has 0 bridgehead atoms. The lowest BCUT2D eigenvalue weighted by Crippen LogP contribution is -1.81. The molecular formula is C19H14N2. The van der Waals surface area contributed by atoms with E-state index in [4.69, 9.17) is 0 Å². The minimum atomic E-state index is 0.936. The molecule has 0 unspecified atom stereocenters. The van der Waals surface area contributed by atoms with Gasteiger partial charge in [-0.25, -0.2) is 4.98 Å². The third kappa shape index (κ3) is 2.21. The minimum absolute atomic E-state index is 0.936. The van der Waals surface area contributed by atoms with Crippen molar-refractivity contribution in [1.82, 2.24) is 9.97 Å². The second-order valence-corrected chi connectivity index (χ2v) is 5.05. The molecule has 2 aromatic carbocycles. The summed E-state index contributed by atoms with van der Waals surface area (Å²) in [5.74, 6) is 0. The van der Waals surface area contributed by atoms with Crippen LogP contribution in [-0.4, -0.2) is 9.97 Å². The molecule has 0 aliphatic heterocycles. The van der Waals surface area contributed by atoms with Crippen molar-refractivity contribution in [2.45, 2.75) is 0 Å². The normalized spacial score (nSPS) is 11.6. The average molecular weight is 270 g/mol. The van der Waals surface area contributed by atoms with Crippen LogP contribution < -0.4 is 0 Å². The van der Waals surface area contributed by atoms with Crippen molar-refractivity contribution >= 4 is 34.1 Å². The van der Waals surface area contributed by atoms with Crippen molar-refractivity contribution in [3.05, 3.63) is 78.0 Å². The first-order valence-electron chi connectivity index (χ1n) is 7.01.